The molecule has 3 rings (SSSR count). The molecule has 0 saturated heterocycles. The van der Waals surface area contributed by atoms with Crippen LogP contribution in [0, 0.1) is 17.0 Å². The number of allylic oxidation sites excluding steroid dienone is 1. The van der Waals surface area contributed by atoms with Crippen LogP contribution in [0.2, 0.25) is 0 Å². The summed E-state index contributed by atoms with van der Waals surface area (Å²) in [6.07, 6.45) is -1.85. The molecule has 198 valence electrons. The van der Waals surface area contributed by atoms with Crippen LogP contribution in [0.15, 0.2) is 29.4 Å². The molecule has 2 aliphatic rings. The number of rotatable bonds is 10. The minimum absolute atomic E-state index is 0.0106. The van der Waals surface area contributed by atoms with E-state index in [1.807, 2.05) is 0 Å². The van der Waals surface area contributed by atoms with Crippen molar-refractivity contribution in [3.63, 3.8) is 0 Å². The molecule has 2 atom stereocenters. The zero-order valence-electron chi connectivity index (χ0n) is 20.3. The van der Waals surface area contributed by atoms with Crippen molar-refractivity contribution in [1.29, 1.82) is 0 Å². The Balaban J connectivity index is 1.70. The Bertz CT molecular complexity index is 1070. The van der Waals surface area contributed by atoms with Gasteiger partial charge in [0.1, 0.15) is 6.67 Å². The van der Waals surface area contributed by atoms with Crippen LogP contribution < -0.4 is 11.1 Å². The third-order valence-electron chi connectivity index (χ3n) is 6.91. The summed E-state index contributed by atoms with van der Waals surface area (Å²) in [7, 11) is 3.35. The number of halogens is 5. The van der Waals surface area contributed by atoms with Crippen molar-refractivity contribution in [2.75, 3.05) is 27.3 Å². The molecule has 0 unspecified atom stereocenters. The summed E-state index contributed by atoms with van der Waals surface area (Å²) < 4.78 is 70.4. The maximum absolute atomic E-state index is 14.5. The first kappa shape index (κ1) is 27.6. The van der Waals surface area contributed by atoms with E-state index < -0.39 is 59.1 Å². The van der Waals surface area contributed by atoms with Crippen molar-refractivity contribution >= 4 is 17.5 Å². The number of hydrogen-bond donors (Lipinski definition) is 2. The minimum atomic E-state index is -4.47. The second-order valence-electron chi connectivity index (χ2n) is 9.53. The van der Waals surface area contributed by atoms with Crippen LogP contribution in [-0.2, 0) is 11.2 Å². The first-order valence-corrected chi connectivity index (χ1v) is 11.5. The van der Waals surface area contributed by atoms with Crippen LogP contribution in [0.1, 0.15) is 42.1 Å². The average molecular weight is 516 g/mol. The summed E-state index contributed by atoms with van der Waals surface area (Å²) in [5.74, 6) is -4.24. The molecule has 1 aromatic rings. The molecule has 3 N–H and O–H groups in total. The summed E-state index contributed by atoms with van der Waals surface area (Å²) in [5, 5.41) is 2.65. The summed E-state index contributed by atoms with van der Waals surface area (Å²) in [4.78, 5) is 31.4. The molecule has 1 aliphatic carbocycles. The maximum Gasteiger partial charge on any atom is 0.396 e. The number of carbonyl (C=O) groups excluding carboxylic acids is 2. The highest BCUT2D eigenvalue weighted by Gasteiger charge is 2.68. The number of nitrogens with one attached hydrogen (secondary N) is 1. The molecule has 36 heavy (non-hydrogen) atoms. The second-order valence-corrected chi connectivity index (χ2v) is 9.53. The molecule has 1 saturated carbocycles. The highest BCUT2D eigenvalue weighted by molar-refractivity contribution is 5.93. The van der Waals surface area contributed by atoms with Gasteiger partial charge in [-0.05, 0) is 58.0 Å². The fourth-order valence-corrected chi connectivity index (χ4v) is 4.38. The van der Waals surface area contributed by atoms with Crippen LogP contribution in [-0.4, -0.2) is 72.9 Å². The highest BCUT2D eigenvalue weighted by atomic mass is 19.4. The average Bonchev–Trinajstić information content (AvgIpc) is 3.60. The van der Waals surface area contributed by atoms with Gasteiger partial charge in [0.2, 0.25) is 5.91 Å². The van der Waals surface area contributed by atoms with E-state index in [2.05, 4.69) is 10.3 Å². The molecule has 12 heteroatoms. The number of nitrogens with zero attached hydrogens (tertiary/aromatic N) is 3. The molecule has 1 fully saturated rings. The van der Waals surface area contributed by atoms with E-state index in [-0.39, 0.29) is 38.0 Å². The van der Waals surface area contributed by atoms with E-state index in [4.69, 9.17) is 5.73 Å². The monoisotopic (exact) mass is 515 g/mol. The van der Waals surface area contributed by atoms with Crippen LogP contribution in [0.3, 0.4) is 0 Å². The molecule has 0 spiro atoms. The lowest BCUT2D eigenvalue weighted by Crippen LogP contribution is -2.50. The van der Waals surface area contributed by atoms with Gasteiger partial charge in [0.15, 0.2) is 11.6 Å². The summed E-state index contributed by atoms with van der Waals surface area (Å²) in [6.45, 7) is 1.76. The Morgan fingerprint density at radius 2 is 1.89 bits per heavy atom. The van der Waals surface area contributed by atoms with E-state index in [9.17, 15) is 31.5 Å². The van der Waals surface area contributed by atoms with Gasteiger partial charge in [-0.25, -0.2) is 8.78 Å². The van der Waals surface area contributed by atoms with E-state index in [1.165, 1.54) is 11.0 Å². The lowest BCUT2D eigenvalue weighted by atomic mass is 9.91. The van der Waals surface area contributed by atoms with Crippen molar-refractivity contribution in [1.82, 2.24) is 15.1 Å². The van der Waals surface area contributed by atoms with Gasteiger partial charge in [-0.1, -0.05) is 6.07 Å². The number of alkyl halides is 3. The standard InChI is InChI=1S/C24H30F5N5O2/c1-14-6-9-34(13-32-14)18(23(7-8-23)24(27,28)29)11-19(35)31-12-16(33(2)3)10-15-4-5-17(22(30)36)21(26)20(15)25/h4-6,9,16,18H,7-8,10-13H2,1-3H3,(H2,30,36)(H,31,35)/t16-,18+/m0/s1. The topological polar surface area (TPSA) is 91.0 Å². The van der Waals surface area contributed by atoms with Crippen LogP contribution in [0.4, 0.5) is 22.0 Å². The van der Waals surface area contributed by atoms with Crippen molar-refractivity contribution < 1.29 is 31.5 Å². The van der Waals surface area contributed by atoms with Gasteiger partial charge in [-0.15, -0.1) is 0 Å². The maximum atomic E-state index is 14.5. The molecule has 0 aromatic heterocycles. The number of benzene rings is 1. The molecule has 0 radical (unpaired) electrons. The van der Waals surface area contributed by atoms with Gasteiger partial charge >= 0.3 is 6.18 Å². The molecule has 1 aliphatic heterocycles. The SMILES string of the molecule is CC1=NCN([C@H](CC(=O)NC[C@H](Cc2ccc(C(N)=O)c(F)c2F)N(C)C)C2(C(F)(F)F)CC2)C=C1. The number of aliphatic imine (C=N–C) groups is 1. The van der Waals surface area contributed by atoms with Gasteiger partial charge in [0.05, 0.1) is 17.0 Å². The lowest BCUT2D eigenvalue weighted by molar-refractivity contribution is -0.204. The molecule has 0 bridgehead atoms. The van der Waals surface area contributed by atoms with E-state index in [1.54, 1.807) is 38.2 Å². The zero-order valence-corrected chi connectivity index (χ0v) is 20.3. The van der Waals surface area contributed by atoms with Crippen LogP contribution in [0.5, 0.6) is 0 Å². The first-order chi connectivity index (χ1) is 16.8. The lowest BCUT2D eigenvalue weighted by Gasteiger charge is -2.38. The van der Waals surface area contributed by atoms with Gasteiger partial charge in [-0.3, -0.25) is 14.6 Å². The molecule has 2 amide bonds. The van der Waals surface area contributed by atoms with E-state index >= 15 is 0 Å². The fraction of sp³-hybridized carbons (Fsp3) is 0.542. The van der Waals surface area contributed by atoms with Crippen LogP contribution >= 0.6 is 0 Å². The summed E-state index contributed by atoms with van der Waals surface area (Å²) in [5.41, 5.74) is 3.16. The summed E-state index contributed by atoms with van der Waals surface area (Å²) in [6, 6.07) is 0.726. The number of primary amides is 1. The predicted octanol–water partition coefficient (Wildman–Crippen LogP) is 3.00. The molecule has 7 nitrogen and oxygen atoms in total. The largest absolute Gasteiger partial charge is 0.396 e. The molecule has 1 heterocycles. The minimum Gasteiger partial charge on any atom is -0.366 e. The Hall–Kier alpha value is -3.02. The number of hydrogen-bond acceptors (Lipinski definition) is 5. The van der Waals surface area contributed by atoms with Crippen molar-refractivity contribution in [3.8, 4) is 0 Å². The van der Waals surface area contributed by atoms with Crippen LogP contribution in [0.25, 0.3) is 0 Å². The zero-order chi connectivity index (χ0) is 26.8. The fourth-order valence-electron chi connectivity index (χ4n) is 4.38. The van der Waals surface area contributed by atoms with Crippen molar-refractivity contribution in [3.05, 3.63) is 47.2 Å². The predicted molar refractivity (Wildman–Crippen MR) is 124 cm³/mol. The molecular weight excluding hydrogens is 485 g/mol. The third kappa shape index (κ3) is 5.85. The first-order valence-electron chi connectivity index (χ1n) is 11.5. The van der Waals surface area contributed by atoms with Gasteiger partial charge in [0, 0.05) is 30.9 Å². The van der Waals surface area contributed by atoms with Gasteiger partial charge < -0.3 is 20.9 Å². The molecular formula is C24H30F5N5O2. The number of likely N-dealkylation sites (N-methyl/N-ethyl adjacent to an activating group) is 1. The number of carbonyl (C=O) groups is 2. The smallest absolute Gasteiger partial charge is 0.366 e. The third-order valence-corrected chi connectivity index (χ3v) is 6.91. The Labute approximate surface area is 206 Å². The molecule has 1 aromatic carbocycles. The van der Waals surface area contributed by atoms with Crippen molar-refractivity contribution in [2.24, 2.45) is 16.1 Å². The highest BCUT2D eigenvalue weighted by Crippen LogP contribution is 2.61. The van der Waals surface area contributed by atoms with Gasteiger partial charge in [0.25, 0.3) is 5.91 Å². The van der Waals surface area contributed by atoms with E-state index in [0.29, 0.717) is 5.71 Å². The quantitative estimate of drug-likeness (QED) is 0.469. The Morgan fingerprint density at radius 3 is 2.39 bits per heavy atom. The number of nitrogens with two attached hydrogens (primary N) is 1. The number of amides is 2. The normalized spacial score (nSPS) is 18.6. The Morgan fingerprint density at radius 1 is 1.22 bits per heavy atom. The summed E-state index contributed by atoms with van der Waals surface area (Å²) >= 11 is 0. The van der Waals surface area contributed by atoms with Gasteiger partial charge in [-0.2, -0.15) is 13.2 Å². The van der Waals surface area contributed by atoms with Crippen molar-refractivity contribution in [2.45, 2.75) is 50.9 Å². The second kappa shape index (κ2) is 10.5. The van der Waals surface area contributed by atoms with E-state index in [0.717, 1.165) is 6.07 Å². The Kier molecular flexibility index (Phi) is 8.07.